The van der Waals surface area contributed by atoms with E-state index in [0.29, 0.717) is 0 Å². The van der Waals surface area contributed by atoms with E-state index in [9.17, 15) is 12.9 Å². The Bertz CT molecular complexity index is 671. The van der Waals surface area contributed by atoms with E-state index in [4.69, 9.17) is 8.42 Å². The fourth-order valence-electron chi connectivity index (χ4n) is 1.37. The lowest BCUT2D eigenvalue weighted by molar-refractivity contribution is 0.495. The molecule has 0 aromatic heterocycles. The highest BCUT2D eigenvalue weighted by Gasteiger charge is 2.24. The molecule has 0 heterocycles. The molecule has 0 fully saturated rings. The third-order valence-electron chi connectivity index (χ3n) is 2.21. The van der Waals surface area contributed by atoms with Crippen LogP contribution in [0.1, 0.15) is 0 Å². The summed E-state index contributed by atoms with van der Waals surface area (Å²) in [6.45, 7) is 0. The molecule has 106 valence electrons. The third kappa shape index (κ3) is 3.97. The van der Waals surface area contributed by atoms with E-state index in [0.717, 1.165) is 0 Å². The Morgan fingerprint density at radius 2 is 1.25 bits per heavy atom. The van der Waals surface area contributed by atoms with Crippen molar-refractivity contribution in [2.75, 3.05) is 4.53 Å². The molecule has 0 aliphatic carbocycles. The van der Waals surface area contributed by atoms with Crippen LogP contribution in [0.2, 0.25) is 0 Å². The molecule has 0 bridgehead atoms. The largest absolute Gasteiger partial charge is 0.335 e. The number of anilines is 1. The summed E-state index contributed by atoms with van der Waals surface area (Å²) in [5.74, 6) is 0. The molecule has 2 aromatic rings. The van der Waals surface area contributed by atoms with Crippen LogP contribution in [0.15, 0.2) is 65.6 Å². The monoisotopic (exact) mass is 315 g/mol. The van der Waals surface area contributed by atoms with Crippen molar-refractivity contribution < 1.29 is 21.3 Å². The van der Waals surface area contributed by atoms with Gasteiger partial charge in [-0.1, -0.05) is 45.4 Å². The fourth-order valence-corrected chi connectivity index (χ4v) is 2.45. The highest BCUT2D eigenvalue weighted by Crippen LogP contribution is 2.23. The summed E-state index contributed by atoms with van der Waals surface area (Å²) in [7, 11) is -4.13. The minimum absolute atomic E-state index is 0.0173. The van der Waals surface area contributed by atoms with Crippen molar-refractivity contribution in [3.05, 3.63) is 60.7 Å². The van der Waals surface area contributed by atoms with Crippen LogP contribution in [0.25, 0.3) is 0 Å². The van der Waals surface area contributed by atoms with Gasteiger partial charge in [-0.15, -0.1) is 0 Å². The molecule has 2 aromatic carbocycles. The predicted octanol–water partition coefficient (Wildman–Crippen LogP) is 2.10. The van der Waals surface area contributed by atoms with Gasteiger partial charge in [0.2, 0.25) is 0 Å². The molecule has 0 spiro atoms. The van der Waals surface area contributed by atoms with Gasteiger partial charge in [0.05, 0.1) is 10.6 Å². The van der Waals surface area contributed by atoms with Gasteiger partial charge in [0.15, 0.2) is 0 Å². The Kier molecular flexibility index (Phi) is 6.01. The zero-order chi connectivity index (χ0) is 15.0. The van der Waals surface area contributed by atoms with E-state index in [2.05, 4.69) is 0 Å². The van der Waals surface area contributed by atoms with Gasteiger partial charge < -0.3 is 0 Å². The highest BCUT2D eigenvalue weighted by atomic mass is 32.2. The van der Waals surface area contributed by atoms with Crippen LogP contribution in [0, 0.1) is 0 Å². The van der Waals surface area contributed by atoms with Crippen molar-refractivity contribution in [1.82, 2.24) is 0 Å². The number of benzene rings is 2. The van der Waals surface area contributed by atoms with Crippen molar-refractivity contribution in [2.24, 2.45) is 0 Å². The van der Waals surface area contributed by atoms with E-state index >= 15 is 0 Å². The maximum atomic E-state index is 13.8. The van der Waals surface area contributed by atoms with Crippen molar-refractivity contribution in [3.8, 4) is 0 Å². The van der Waals surface area contributed by atoms with Gasteiger partial charge >= 0.3 is 11.6 Å². The van der Waals surface area contributed by atoms with Crippen molar-refractivity contribution >= 4 is 27.3 Å². The summed E-state index contributed by atoms with van der Waals surface area (Å²) < 4.78 is 54.0. The van der Waals surface area contributed by atoms with Gasteiger partial charge in [0, 0.05) is 0 Å². The predicted molar refractivity (Wildman–Crippen MR) is 72.6 cm³/mol. The molecule has 0 N–H and O–H groups in total. The number of hydrogen-bond donors (Lipinski definition) is 0. The van der Waals surface area contributed by atoms with Gasteiger partial charge in [0.25, 0.3) is 10.0 Å². The minimum atomic E-state index is -4.13. The SMILES string of the molecule is O=S(=O)(c1ccccc1)N(F)c1ccccc1.O=S=O. The number of hydrogen-bond acceptors (Lipinski definition) is 4. The summed E-state index contributed by atoms with van der Waals surface area (Å²) >= 11 is -0.750. The normalized spacial score (nSPS) is 10.1. The average molecular weight is 315 g/mol. The molecule has 0 radical (unpaired) electrons. The van der Waals surface area contributed by atoms with Crippen molar-refractivity contribution in [3.63, 3.8) is 0 Å². The molecule has 0 aliphatic rings. The minimum Gasteiger partial charge on any atom is -0.199 e. The molecule has 8 heteroatoms. The average Bonchev–Trinajstić information content (AvgIpc) is 2.49. The van der Waals surface area contributed by atoms with Crippen molar-refractivity contribution in [1.29, 1.82) is 0 Å². The maximum Gasteiger partial charge on any atom is 0.335 e. The molecule has 0 atom stereocenters. The van der Waals surface area contributed by atoms with Crippen LogP contribution < -0.4 is 4.53 Å². The van der Waals surface area contributed by atoms with Gasteiger partial charge in [-0.05, 0) is 24.3 Å². The van der Waals surface area contributed by atoms with Crippen LogP contribution in [0.4, 0.5) is 10.2 Å². The van der Waals surface area contributed by atoms with Crippen LogP contribution in [-0.2, 0) is 21.6 Å². The number of nitrogens with zero attached hydrogens (tertiary/aromatic N) is 1. The summed E-state index contributed by atoms with van der Waals surface area (Å²) in [5, 5.41) is 0. The third-order valence-corrected chi connectivity index (χ3v) is 3.71. The molecule has 0 unspecified atom stereocenters. The molecule has 5 nitrogen and oxygen atoms in total. The summed E-state index contributed by atoms with van der Waals surface area (Å²) in [5.41, 5.74) is -0.0173. The Morgan fingerprint density at radius 3 is 1.70 bits per heavy atom. The lowest BCUT2D eigenvalue weighted by Gasteiger charge is -2.13. The number of para-hydroxylation sites is 1. The number of sulfonamides is 1. The molecular weight excluding hydrogens is 305 g/mol. The second kappa shape index (κ2) is 7.51. The fraction of sp³-hybridized carbons (Fsp3) is 0. The van der Waals surface area contributed by atoms with E-state index in [-0.39, 0.29) is 15.1 Å². The summed E-state index contributed by atoms with van der Waals surface area (Å²) in [4.78, 5) is -0.0775. The van der Waals surface area contributed by atoms with Gasteiger partial charge in [0.1, 0.15) is 0 Å². The number of rotatable bonds is 3. The maximum absolute atomic E-state index is 13.8. The van der Waals surface area contributed by atoms with E-state index < -0.39 is 21.6 Å². The van der Waals surface area contributed by atoms with Crippen LogP contribution in [0.5, 0.6) is 0 Å². The number of halogens is 1. The second-order valence-electron chi connectivity index (χ2n) is 3.44. The lowest BCUT2D eigenvalue weighted by Crippen LogP contribution is -2.22. The Hall–Kier alpha value is -2.06. The molecular formula is C12H10FNO4S2. The summed E-state index contributed by atoms with van der Waals surface area (Å²) in [6, 6.07) is 15.1. The molecule has 0 saturated carbocycles. The molecule has 2 rings (SSSR count). The van der Waals surface area contributed by atoms with E-state index in [1.54, 1.807) is 36.4 Å². The van der Waals surface area contributed by atoms with Gasteiger partial charge in [-0.2, -0.15) is 16.8 Å². The van der Waals surface area contributed by atoms with Crippen molar-refractivity contribution in [2.45, 2.75) is 4.90 Å². The Morgan fingerprint density at radius 1 is 0.850 bits per heavy atom. The zero-order valence-corrected chi connectivity index (χ0v) is 11.7. The highest BCUT2D eigenvalue weighted by molar-refractivity contribution is 7.92. The standard InChI is InChI=1S/C12H10FNO2S.O2S/c13-14(11-7-3-1-4-8-11)17(15,16)12-9-5-2-6-10-12;1-3-2/h1-10H;. The van der Waals surface area contributed by atoms with E-state index in [1.807, 2.05) is 0 Å². The topological polar surface area (TPSA) is 71.5 Å². The first-order valence-corrected chi connectivity index (χ1v) is 7.37. The summed E-state index contributed by atoms with van der Waals surface area (Å²) in [6.07, 6.45) is 0. The quantitative estimate of drug-likeness (QED) is 0.813. The second-order valence-corrected chi connectivity index (χ2v) is 5.31. The first-order valence-electron chi connectivity index (χ1n) is 5.27. The first-order chi connectivity index (χ1) is 9.54. The van der Waals surface area contributed by atoms with Crippen LogP contribution in [-0.4, -0.2) is 16.8 Å². The van der Waals surface area contributed by atoms with Gasteiger partial charge in [-0.25, -0.2) is 0 Å². The molecule has 20 heavy (non-hydrogen) atoms. The van der Waals surface area contributed by atoms with Crippen LogP contribution in [0.3, 0.4) is 0 Å². The van der Waals surface area contributed by atoms with E-state index in [1.165, 1.54) is 24.3 Å². The molecule has 0 saturated heterocycles. The Balaban J connectivity index is 0.000000612. The Labute approximate surface area is 119 Å². The van der Waals surface area contributed by atoms with Crippen LogP contribution >= 0.6 is 0 Å². The molecule has 0 amide bonds. The smallest absolute Gasteiger partial charge is 0.199 e. The molecule has 0 aliphatic heterocycles. The first kappa shape index (κ1) is 16.0. The lowest BCUT2D eigenvalue weighted by atomic mass is 10.3. The zero-order valence-electron chi connectivity index (χ0n) is 10.0. The van der Waals surface area contributed by atoms with Gasteiger partial charge in [-0.3, -0.25) is 0 Å².